The third-order valence-electron chi connectivity index (χ3n) is 7.96. The number of benzene rings is 3. The predicted molar refractivity (Wildman–Crippen MR) is 158 cm³/mol. The number of methoxy groups -OCH3 is 1. The van der Waals surface area contributed by atoms with Gasteiger partial charge in [0.1, 0.15) is 18.4 Å². The van der Waals surface area contributed by atoms with Crippen molar-refractivity contribution in [3.63, 3.8) is 0 Å². The van der Waals surface area contributed by atoms with Gasteiger partial charge in [0, 0.05) is 35.7 Å². The average molecular weight is 555 g/mol. The highest BCUT2D eigenvalue weighted by Gasteiger charge is 2.33. The van der Waals surface area contributed by atoms with Crippen molar-refractivity contribution < 1.29 is 23.9 Å². The summed E-state index contributed by atoms with van der Waals surface area (Å²) in [5, 5.41) is 3.24. The van der Waals surface area contributed by atoms with Gasteiger partial charge in [0.15, 0.2) is 5.78 Å². The topological polar surface area (TPSA) is 84.9 Å². The predicted octanol–water partition coefficient (Wildman–Crippen LogP) is 5.53. The number of amides is 1. The number of ether oxygens (including phenoxy) is 2. The van der Waals surface area contributed by atoms with E-state index in [4.69, 9.17) is 9.47 Å². The van der Waals surface area contributed by atoms with Crippen LogP contribution in [0.25, 0.3) is 0 Å². The number of carbonyl (C=O) groups is 3. The third kappa shape index (κ3) is 7.54. The summed E-state index contributed by atoms with van der Waals surface area (Å²) in [6, 6.07) is 23.2. The molecular formula is C34H38N2O5. The second-order valence-electron chi connectivity index (χ2n) is 11.0. The standard InChI is InChI=1S/C34H38N2O5/c1-40-34(39)31(35-30-13-6-5-12-29(30)32(37)26-8-3-2-4-9-26)22-24-16-18-28(19-17-24)41-21-20-36(23-25-14-15-25)33(38)27-10-7-11-27/h2-6,8-9,12-13,16-19,25,27,31,35H,7,10-11,14-15,20-23H2,1H3/t31-/m0/s1. The van der Waals surface area contributed by atoms with Gasteiger partial charge in [0.25, 0.3) is 0 Å². The molecule has 7 nitrogen and oxygen atoms in total. The van der Waals surface area contributed by atoms with E-state index >= 15 is 0 Å². The number of para-hydroxylation sites is 1. The quantitative estimate of drug-likeness (QED) is 0.208. The van der Waals surface area contributed by atoms with Gasteiger partial charge in [-0.2, -0.15) is 0 Å². The Balaban J connectivity index is 1.19. The smallest absolute Gasteiger partial charge is 0.328 e. The van der Waals surface area contributed by atoms with Gasteiger partial charge in [0.2, 0.25) is 5.91 Å². The normalized spacial score (nSPS) is 15.3. The molecule has 2 aliphatic rings. The zero-order valence-electron chi connectivity index (χ0n) is 23.6. The number of nitrogens with zero attached hydrogens (tertiary/aromatic N) is 1. The molecule has 0 aromatic heterocycles. The van der Waals surface area contributed by atoms with Crippen LogP contribution in [0.5, 0.6) is 5.75 Å². The summed E-state index contributed by atoms with van der Waals surface area (Å²) < 4.78 is 11.1. The first-order valence-electron chi connectivity index (χ1n) is 14.6. The minimum absolute atomic E-state index is 0.121. The number of rotatable bonds is 14. The molecule has 0 radical (unpaired) electrons. The summed E-state index contributed by atoms with van der Waals surface area (Å²) in [4.78, 5) is 40.7. The molecule has 1 N–H and O–H groups in total. The molecule has 0 aliphatic heterocycles. The zero-order chi connectivity index (χ0) is 28.6. The molecule has 214 valence electrons. The van der Waals surface area contributed by atoms with Gasteiger partial charge in [-0.3, -0.25) is 9.59 Å². The highest BCUT2D eigenvalue weighted by atomic mass is 16.5. The maximum absolute atomic E-state index is 13.2. The molecule has 0 bridgehead atoms. The van der Waals surface area contributed by atoms with Crippen molar-refractivity contribution in [2.75, 3.05) is 32.1 Å². The molecule has 3 aromatic carbocycles. The molecule has 0 heterocycles. The minimum atomic E-state index is -0.690. The van der Waals surface area contributed by atoms with E-state index in [9.17, 15) is 14.4 Å². The van der Waals surface area contributed by atoms with Crippen LogP contribution < -0.4 is 10.1 Å². The Bertz CT molecular complexity index is 1330. The lowest BCUT2D eigenvalue weighted by atomic mass is 9.84. The maximum atomic E-state index is 13.2. The Morgan fingerprint density at radius 2 is 1.61 bits per heavy atom. The molecule has 7 heteroatoms. The van der Waals surface area contributed by atoms with E-state index in [1.165, 1.54) is 20.0 Å². The Hall–Kier alpha value is -4.13. The summed E-state index contributed by atoms with van der Waals surface area (Å²) in [7, 11) is 1.36. The monoisotopic (exact) mass is 554 g/mol. The molecule has 1 amide bonds. The first-order chi connectivity index (χ1) is 20.0. The number of carbonyl (C=O) groups excluding carboxylic acids is 3. The Kier molecular flexibility index (Phi) is 9.34. The van der Waals surface area contributed by atoms with E-state index in [0.29, 0.717) is 42.3 Å². The lowest BCUT2D eigenvalue weighted by Crippen LogP contribution is -2.42. The number of hydrogen-bond acceptors (Lipinski definition) is 6. The lowest BCUT2D eigenvalue weighted by Gasteiger charge is -2.31. The van der Waals surface area contributed by atoms with Gasteiger partial charge in [-0.05, 0) is 61.4 Å². The third-order valence-corrected chi connectivity index (χ3v) is 7.96. The molecule has 5 rings (SSSR count). The molecule has 2 fully saturated rings. The highest BCUT2D eigenvalue weighted by Crippen LogP contribution is 2.33. The van der Waals surface area contributed by atoms with E-state index < -0.39 is 12.0 Å². The van der Waals surface area contributed by atoms with Crippen molar-refractivity contribution in [2.24, 2.45) is 11.8 Å². The Labute approximate surface area is 241 Å². The van der Waals surface area contributed by atoms with Gasteiger partial charge in [-0.15, -0.1) is 0 Å². The summed E-state index contributed by atoms with van der Waals surface area (Å²) in [5.41, 5.74) is 2.56. The summed E-state index contributed by atoms with van der Waals surface area (Å²) in [5.74, 6) is 1.32. The van der Waals surface area contributed by atoms with Crippen molar-refractivity contribution in [3.05, 3.63) is 95.6 Å². The SMILES string of the molecule is COC(=O)[C@H](Cc1ccc(OCCN(CC2CC2)C(=O)C2CCC2)cc1)Nc1ccccc1C(=O)c1ccccc1. The van der Waals surface area contributed by atoms with E-state index in [0.717, 1.165) is 37.1 Å². The summed E-state index contributed by atoms with van der Waals surface area (Å²) in [6.07, 6.45) is 5.98. The molecule has 2 saturated carbocycles. The van der Waals surface area contributed by atoms with Gasteiger partial charge < -0.3 is 19.7 Å². The molecule has 3 aromatic rings. The molecular weight excluding hydrogens is 516 g/mol. The first kappa shape index (κ1) is 28.4. The van der Waals surface area contributed by atoms with Gasteiger partial charge in [0.05, 0.1) is 13.7 Å². The number of ketones is 1. The van der Waals surface area contributed by atoms with Crippen molar-refractivity contribution >= 4 is 23.3 Å². The van der Waals surface area contributed by atoms with E-state index in [-0.39, 0.29) is 17.6 Å². The highest BCUT2D eigenvalue weighted by molar-refractivity contribution is 6.12. The van der Waals surface area contributed by atoms with Crippen LogP contribution in [0.1, 0.15) is 53.6 Å². The van der Waals surface area contributed by atoms with Crippen LogP contribution in [0.3, 0.4) is 0 Å². The molecule has 0 unspecified atom stereocenters. The van der Waals surface area contributed by atoms with Crippen LogP contribution in [-0.4, -0.2) is 55.4 Å². The Morgan fingerprint density at radius 3 is 2.27 bits per heavy atom. The van der Waals surface area contributed by atoms with E-state index in [2.05, 4.69) is 5.32 Å². The maximum Gasteiger partial charge on any atom is 0.328 e. The largest absolute Gasteiger partial charge is 0.492 e. The van der Waals surface area contributed by atoms with Gasteiger partial charge in [-0.25, -0.2) is 4.79 Å². The van der Waals surface area contributed by atoms with Crippen LogP contribution in [-0.2, 0) is 20.7 Å². The molecule has 2 aliphatic carbocycles. The fraction of sp³-hybridized carbons (Fsp3) is 0.382. The molecule has 0 saturated heterocycles. The van der Waals surface area contributed by atoms with Crippen LogP contribution in [0.4, 0.5) is 5.69 Å². The molecule has 41 heavy (non-hydrogen) atoms. The van der Waals surface area contributed by atoms with E-state index in [1.54, 1.807) is 24.3 Å². The van der Waals surface area contributed by atoms with Crippen molar-refractivity contribution in [3.8, 4) is 5.75 Å². The fourth-order valence-electron chi connectivity index (χ4n) is 5.12. The van der Waals surface area contributed by atoms with E-state index in [1.807, 2.05) is 59.5 Å². The van der Waals surface area contributed by atoms with Crippen LogP contribution in [0, 0.1) is 11.8 Å². The van der Waals surface area contributed by atoms with Crippen molar-refractivity contribution in [1.82, 2.24) is 4.90 Å². The number of hydrogen-bond donors (Lipinski definition) is 1. The lowest BCUT2D eigenvalue weighted by molar-refractivity contribution is -0.141. The van der Waals surface area contributed by atoms with Crippen LogP contribution >= 0.6 is 0 Å². The number of esters is 1. The summed E-state index contributed by atoms with van der Waals surface area (Å²) >= 11 is 0. The molecule has 0 spiro atoms. The second kappa shape index (κ2) is 13.5. The molecule has 1 atom stereocenters. The van der Waals surface area contributed by atoms with Crippen molar-refractivity contribution in [1.29, 1.82) is 0 Å². The van der Waals surface area contributed by atoms with Crippen LogP contribution in [0.2, 0.25) is 0 Å². The zero-order valence-corrected chi connectivity index (χ0v) is 23.6. The second-order valence-corrected chi connectivity index (χ2v) is 11.0. The number of anilines is 1. The van der Waals surface area contributed by atoms with Crippen molar-refractivity contribution in [2.45, 2.75) is 44.6 Å². The minimum Gasteiger partial charge on any atom is -0.492 e. The van der Waals surface area contributed by atoms with Crippen LogP contribution in [0.15, 0.2) is 78.9 Å². The number of nitrogens with one attached hydrogen (secondary N) is 1. The Morgan fingerprint density at radius 1 is 0.902 bits per heavy atom. The fourth-order valence-corrected chi connectivity index (χ4v) is 5.12. The summed E-state index contributed by atoms with van der Waals surface area (Å²) in [6.45, 7) is 1.89. The first-order valence-corrected chi connectivity index (χ1v) is 14.6. The average Bonchev–Trinajstić information content (AvgIpc) is 3.80. The van der Waals surface area contributed by atoms with Gasteiger partial charge in [-0.1, -0.05) is 61.0 Å². The van der Waals surface area contributed by atoms with Gasteiger partial charge >= 0.3 is 5.97 Å².